The summed E-state index contributed by atoms with van der Waals surface area (Å²) in [7, 11) is 0. The highest BCUT2D eigenvalue weighted by molar-refractivity contribution is 5.85. The molecular formula is C15H23FN2O2. The minimum Gasteiger partial charge on any atom is -0.444 e. The standard InChI is InChI=1S/C15H23FN2O2/c1-5-6-9-17-11-7-8-12(16)13(10-11)18-14(19)20-15(2,3)4/h7-8,10,17H,5-6,9H2,1-4H3,(H,18,19). The Labute approximate surface area is 119 Å². The van der Waals surface area contributed by atoms with E-state index in [2.05, 4.69) is 17.6 Å². The van der Waals surface area contributed by atoms with Gasteiger partial charge in [-0.25, -0.2) is 9.18 Å². The Kier molecular flexibility index (Phi) is 5.80. The molecule has 20 heavy (non-hydrogen) atoms. The Morgan fingerprint density at radius 3 is 2.65 bits per heavy atom. The van der Waals surface area contributed by atoms with Crippen molar-refractivity contribution < 1.29 is 13.9 Å². The number of rotatable bonds is 5. The number of carbonyl (C=O) groups excluding carboxylic acids is 1. The van der Waals surface area contributed by atoms with E-state index in [4.69, 9.17) is 4.74 Å². The lowest BCUT2D eigenvalue weighted by atomic mass is 10.2. The zero-order chi connectivity index (χ0) is 15.2. The Bertz CT molecular complexity index is 456. The van der Waals surface area contributed by atoms with E-state index in [9.17, 15) is 9.18 Å². The summed E-state index contributed by atoms with van der Waals surface area (Å²) in [4.78, 5) is 11.6. The summed E-state index contributed by atoms with van der Waals surface area (Å²) in [5.41, 5.74) is 0.268. The zero-order valence-corrected chi connectivity index (χ0v) is 12.5. The summed E-state index contributed by atoms with van der Waals surface area (Å²) < 4.78 is 18.8. The number of hydrogen-bond acceptors (Lipinski definition) is 3. The summed E-state index contributed by atoms with van der Waals surface area (Å²) in [6.45, 7) is 8.18. The first kappa shape index (κ1) is 16.3. The Morgan fingerprint density at radius 2 is 2.05 bits per heavy atom. The lowest BCUT2D eigenvalue weighted by molar-refractivity contribution is 0.0635. The number of ether oxygens (including phenoxy) is 1. The van der Waals surface area contributed by atoms with Gasteiger partial charge in [-0.05, 0) is 45.4 Å². The van der Waals surface area contributed by atoms with E-state index in [0.717, 1.165) is 25.1 Å². The average molecular weight is 282 g/mol. The van der Waals surface area contributed by atoms with Crippen molar-refractivity contribution in [3.8, 4) is 0 Å². The monoisotopic (exact) mass is 282 g/mol. The number of hydrogen-bond donors (Lipinski definition) is 2. The molecule has 0 aromatic heterocycles. The van der Waals surface area contributed by atoms with E-state index < -0.39 is 17.5 Å². The van der Waals surface area contributed by atoms with Gasteiger partial charge in [-0.15, -0.1) is 0 Å². The summed E-state index contributed by atoms with van der Waals surface area (Å²) in [5, 5.41) is 5.60. The molecule has 0 atom stereocenters. The maximum atomic E-state index is 13.7. The van der Waals surface area contributed by atoms with Crippen molar-refractivity contribution >= 4 is 17.5 Å². The van der Waals surface area contributed by atoms with Gasteiger partial charge in [-0.1, -0.05) is 13.3 Å². The summed E-state index contributed by atoms with van der Waals surface area (Å²) in [6, 6.07) is 4.53. The molecular weight excluding hydrogens is 259 g/mol. The molecule has 1 aromatic carbocycles. The van der Waals surface area contributed by atoms with Crippen LogP contribution in [0.15, 0.2) is 18.2 Å². The molecule has 1 amide bonds. The third kappa shape index (κ3) is 5.91. The van der Waals surface area contributed by atoms with Crippen LogP contribution in [0.2, 0.25) is 0 Å². The molecule has 1 rings (SSSR count). The van der Waals surface area contributed by atoms with Gasteiger partial charge in [0.25, 0.3) is 0 Å². The number of nitrogens with one attached hydrogen (secondary N) is 2. The van der Waals surface area contributed by atoms with Gasteiger partial charge in [0.1, 0.15) is 11.4 Å². The second kappa shape index (κ2) is 7.12. The number of anilines is 2. The van der Waals surface area contributed by atoms with E-state index in [-0.39, 0.29) is 5.69 Å². The van der Waals surface area contributed by atoms with E-state index >= 15 is 0 Å². The van der Waals surface area contributed by atoms with E-state index in [1.54, 1.807) is 32.9 Å². The van der Waals surface area contributed by atoms with Gasteiger partial charge in [-0.3, -0.25) is 5.32 Å². The molecule has 0 heterocycles. The van der Waals surface area contributed by atoms with Crippen LogP contribution >= 0.6 is 0 Å². The van der Waals surface area contributed by atoms with Crippen LogP contribution in [0.3, 0.4) is 0 Å². The normalized spacial score (nSPS) is 11.1. The molecule has 0 aliphatic heterocycles. The minimum atomic E-state index is -0.665. The van der Waals surface area contributed by atoms with Gasteiger partial charge < -0.3 is 10.1 Å². The first-order valence-electron chi connectivity index (χ1n) is 6.85. The van der Waals surface area contributed by atoms with Crippen molar-refractivity contribution in [3.63, 3.8) is 0 Å². The summed E-state index contributed by atoms with van der Waals surface area (Å²) in [6.07, 6.45) is 1.45. The molecule has 1 aromatic rings. The molecule has 0 radical (unpaired) electrons. The first-order chi connectivity index (χ1) is 9.31. The molecule has 4 nitrogen and oxygen atoms in total. The molecule has 112 valence electrons. The molecule has 0 unspecified atom stereocenters. The van der Waals surface area contributed by atoms with Crippen LogP contribution in [-0.4, -0.2) is 18.2 Å². The largest absolute Gasteiger partial charge is 0.444 e. The van der Waals surface area contributed by atoms with Crippen molar-refractivity contribution in [2.24, 2.45) is 0 Å². The number of carbonyl (C=O) groups is 1. The van der Waals surface area contributed by atoms with Gasteiger partial charge in [0.05, 0.1) is 5.69 Å². The Morgan fingerprint density at radius 1 is 1.35 bits per heavy atom. The maximum Gasteiger partial charge on any atom is 0.412 e. The molecule has 0 fully saturated rings. The van der Waals surface area contributed by atoms with Gasteiger partial charge >= 0.3 is 6.09 Å². The average Bonchev–Trinajstić information content (AvgIpc) is 2.31. The van der Waals surface area contributed by atoms with Gasteiger partial charge in [0.2, 0.25) is 0 Å². The number of unbranched alkanes of at least 4 members (excludes halogenated alkanes) is 1. The second-order valence-corrected chi connectivity index (χ2v) is 5.60. The van der Waals surface area contributed by atoms with Gasteiger partial charge in [-0.2, -0.15) is 0 Å². The lowest BCUT2D eigenvalue weighted by Gasteiger charge is -2.20. The summed E-state index contributed by atoms with van der Waals surface area (Å²) >= 11 is 0. The second-order valence-electron chi connectivity index (χ2n) is 5.60. The third-order valence-electron chi connectivity index (χ3n) is 2.46. The predicted octanol–water partition coefficient (Wildman–Crippen LogP) is 4.38. The Hall–Kier alpha value is -1.78. The van der Waals surface area contributed by atoms with Crippen molar-refractivity contribution in [2.75, 3.05) is 17.2 Å². The topological polar surface area (TPSA) is 50.4 Å². The van der Waals surface area contributed by atoms with Crippen LogP contribution < -0.4 is 10.6 Å². The fourth-order valence-electron chi connectivity index (χ4n) is 1.55. The fourth-order valence-corrected chi connectivity index (χ4v) is 1.55. The molecule has 0 saturated heterocycles. The molecule has 2 N–H and O–H groups in total. The highest BCUT2D eigenvalue weighted by Crippen LogP contribution is 2.20. The van der Waals surface area contributed by atoms with Crippen molar-refractivity contribution in [1.82, 2.24) is 0 Å². The van der Waals surface area contributed by atoms with Crippen LogP contribution in [0.25, 0.3) is 0 Å². The van der Waals surface area contributed by atoms with Crippen molar-refractivity contribution in [2.45, 2.75) is 46.1 Å². The Balaban J connectivity index is 2.68. The zero-order valence-electron chi connectivity index (χ0n) is 12.5. The predicted molar refractivity (Wildman–Crippen MR) is 79.7 cm³/mol. The molecule has 0 bridgehead atoms. The third-order valence-corrected chi connectivity index (χ3v) is 2.46. The van der Waals surface area contributed by atoms with Gasteiger partial charge in [0.15, 0.2) is 0 Å². The highest BCUT2D eigenvalue weighted by Gasteiger charge is 2.17. The highest BCUT2D eigenvalue weighted by atomic mass is 19.1. The van der Waals surface area contributed by atoms with E-state index in [1.807, 2.05) is 0 Å². The van der Waals surface area contributed by atoms with Crippen LogP contribution in [-0.2, 0) is 4.74 Å². The number of amides is 1. The molecule has 0 aliphatic rings. The smallest absolute Gasteiger partial charge is 0.412 e. The maximum absolute atomic E-state index is 13.7. The number of halogens is 1. The summed E-state index contributed by atoms with van der Waals surface area (Å²) in [5.74, 6) is -0.489. The van der Waals surface area contributed by atoms with E-state index in [1.165, 1.54) is 6.07 Å². The van der Waals surface area contributed by atoms with Crippen LogP contribution in [0, 0.1) is 5.82 Å². The van der Waals surface area contributed by atoms with Crippen LogP contribution in [0.1, 0.15) is 40.5 Å². The molecule has 5 heteroatoms. The molecule has 0 saturated carbocycles. The van der Waals surface area contributed by atoms with Crippen LogP contribution in [0.4, 0.5) is 20.6 Å². The van der Waals surface area contributed by atoms with E-state index in [0.29, 0.717) is 0 Å². The first-order valence-corrected chi connectivity index (χ1v) is 6.85. The molecule has 0 aliphatic carbocycles. The van der Waals surface area contributed by atoms with Crippen molar-refractivity contribution in [3.05, 3.63) is 24.0 Å². The SMILES string of the molecule is CCCCNc1ccc(F)c(NC(=O)OC(C)(C)C)c1. The fraction of sp³-hybridized carbons (Fsp3) is 0.533. The minimum absolute atomic E-state index is 0.112. The van der Waals surface area contributed by atoms with Crippen molar-refractivity contribution in [1.29, 1.82) is 0 Å². The number of benzene rings is 1. The van der Waals surface area contributed by atoms with Crippen LogP contribution in [0.5, 0.6) is 0 Å². The lowest BCUT2D eigenvalue weighted by Crippen LogP contribution is -2.27. The molecule has 0 spiro atoms. The van der Waals surface area contributed by atoms with Gasteiger partial charge in [0, 0.05) is 12.2 Å². The quantitative estimate of drug-likeness (QED) is 0.788.